The van der Waals surface area contributed by atoms with Gasteiger partial charge in [0, 0.05) is 18.7 Å². The summed E-state index contributed by atoms with van der Waals surface area (Å²) in [6.07, 6.45) is 1.32. The van der Waals surface area contributed by atoms with Gasteiger partial charge in [-0.05, 0) is 36.0 Å². The molecule has 0 radical (unpaired) electrons. The van der Waals surface area contributed by atoms with Gasteiger partial charge in [0.15, 0.2) is 0 Å². The molecule has 0 aliphatic carbocycles. The zero-order chi connectivity index (χ0) is 19.4. The number of imide groups is 1. The van der Waals surface area contributed by atoms with Gasteiger partial charge < -0.3 is 5.32 Å². The van der Waals surface area contributed by atoms with Crippen LogP contribution in [0.3, 0.4) is 0 Å². The Balaban J connectivity index is 1.62. The summed E-state index contributed by atoms with van der Waals surface area (Å²) >= 11 is 0.702. The van der Waals surface area contributed by atoms with E-state index in [1.165, 1.54) is 48.5 Å². The molecule has 1 aliphatic rings. The molecule has 3 rings (SSSR count). The molecule has 0 atom stereocenters. The normalized spacial score (nSPS) is 15.5. The van der Waals surface area contributed by atoms with Crippen molar-refractivity contribution in [2.45, 2.75) is 0 Å². The maximum Gasteiger partial charge on any atom is 0.293 e. The lowest BCUT2D eigenvalue weighted by atomic mass is 10.2. The SMILES string of the molecule is O=C(NCCN1C(=O)S/C(=C/c2ccccc2F)C1=O)c1ccccc1F. The van der Waals surface area contributed by atoms with Gasteiger partial charge in [0.2, 0.25) is 0 Å². The highest BCUT2D eigenvalue weighted by molar-refractivity contribution is 8.18. The van der Waals surface area contributed by atoms with E-state index < -0.39 is 28.7 Å². The molecule has 0 unspecified atom stereocenters. The number of carbonyl (C=O) groups is 3. The van der Waals surface area contributed by atoms with Crippen LogP contribution in [0.2, 0.25) is 0 Å². The molecular formula is C19H14F2N2O3S. The zero-order valence-corrected chi connectivity index (χ0v) is 14.8. The molecule has 0 aromatic heterocycles. The number of benzene rings is 2. The van der Waals surface area contributed by atoms with Crippen molar-refractivity contribution in [3.63, 3.8) is 0 Å². The molecule has 1 fully saturated rings. The summed E-state index contributed by atoms with van der Waals surface area (Å²) < 4.78 is 27.3. The summed E-state index contributed by atoms with van der Waals surface area (Å²) in [6.45, 7) is -0.0995. The van der Waals surface area contributed by atoms with Crippen molar-refractivity contribution in [3.8, 4) is 0 Å². The van der Waals surface area contributed by atoms with Gasteiger partial charge in [0.05, 0.1) is 10.5 Å². The Morgan fingerprint density at radius 2 is 1.70 bits per heavy atom. The van der Waals surface area contributed by atoms with E-state index in [4.69, 9.17) is 0 Å². The number of rotatable bonds is 5. The van der Waals surface area contributed by atoms with Crippen LogP contribution in [0.15, 0.2) is 53.4 Å². The minimum Gasteiger partial charge on any atom is -0.350 e. The van der Waals surface area contributed by atoms with E-state index in [-0.39, 0.29) is 29.1 Å². The Kier molecular flexibility index (Phi) is 5.66. The Labute approximate surface area is 158 Å². The molecule has 1 heterocycles. The molecule has 2 aromatic carbocycles. The van der Waals surface area contributed by atoms with E-state index in [9.17, 15) is 23.2 Å². The first kappa shape index (κ1) is 18.8. The smallest absolute Gasteiger partial charge is 0.293 e. The average Bonchev–Trinajstić information content (AvgIpc) is 2.91. The summed E-state index contributed by atoms with van der Waals surface area (Å²) in [4.78, 5) is 37.4. The Morgan fingerprint density at radius 3 is 2.41 bits per heavy atom. The van der Waals surface area contributed by atoms with Crippen molar-refractivity contribution in [1.82, 2.24) is 10.2 Å². The minimum absolute atomic E-state index is 0.0296. The molecule has 1 aliphatic heterocycles. The summed E-state index contributed by atoms with van der Waals surface area (Å²) in [7, 11) is 0. The van der Waals surface area contributed by atoms with Gasteiger partial charge in [-0.1, -0.05) is 30.3 Å². The number of thioether (sulfide) groups is 1. The highest BCUT2D eigenvalue weighted by Gasteiger charge is 2.34. The van der Waals surface area contributed by atoms with E-state index in [1.807, 2.05) is 0 Å². The van der Waals surface area contributed by atoms with Crippen molar-refractivity contribution >= 4 is 34.9 Å². The van der Waals surface area contributed by atoms with Crippen LogP contribution in [0.4, 0.5) is 13.6 Å². The van der Waals surface area contributed by atoms with Crippen LogP contribution in [-0.4, -0.2) is 35.0 Å². The van der Waals surface area contributed by atoms with Crippen LogP contribution in [0, 0.1) is 11.6 Å². The molecule has 5 nitrogen and oxygen atoms in total. The number of nitrogens with one attached hydrogen (secondary N) is 1. The lowest BCUT2D eigenvalue weighted by Gasteiger charge is -2.13. The fraction of sp³-hybridized carbons (Fsp3) is 0.105. The average molecular weight is 388 g/mol. The third-order valence-corrected chi connectivity index (χ3v) is 4.71. The molecule has 27 heavy (non-hydrogen) atoms. The van der Waals surface area contributed by atoms with Crippen molar-refractivity contribution in [2.24, 2.45) is 0 Å². The maximum atomic E-state index is 13.7. The van der Waals surface area contributed by atoms with Gasteiger partial charge in [-0.2, -0.15) is 0 Å². The number of halogens is 2. The third kappa shape index (κ3) is 4.22. The third-order valence-electron chi connectivity index (χ3n) is 3.80. The lowest BCUT2D eigenvalue weighted by Crippen LogP contribution is -2.37. The van der Waals surface area contributed by atoms with Gasteiger partial charge in [-0.15, -0.1) is 0 Å². The molecule has 1 N–H and O–H groups in total. The predicted octanol–water partition coefficient (Wildman–Crippen LogP) is 3.43. The van der Waals surface area contributed by atoms with E-state index in [1.54, 1.807) is 6.07 Å². The second kappa shape index (κ2) is 8.13. The van der Waals surface area contributed by atoms with E-state index in [0.29, 0.717) is 11.8 Å². The standard InChI is InChI=1S/C19H14F2N2O3S/c20-14-7-3-1-5-12(14)11-16-18(25)23(19(26)27-16)10-9-22-17(24)13-6-2-4-8-15(13)21/h1-8,11H,9-10H2,(H,22,24)/b16-11+. The maximum absolute atomic E-state index is 13.7. The van der Waals surface area contributed by atoms with Gasteiger partial charge in [-0.3, -0.25) is 19.3 Å². The van der Waals surface area contributed by atoms with E-state index in [0.717, 1.165) is 4.90 Å². The number of amides is 3. The molecule has 138 valence electrons. The van der Waals surface area contributed by atoms with Gasteiger partial charge in [0.1, 0.15) is 11.6 Å². The fourth-order valence-electron chi connectivity index (χ4n) is 2.45. The van der Waals surface area contributed by atoms with Gasteiger partial charge in [0.25, 0.3) is 17.1 Å². The number of hydrogen-bond donors (Lipinski definition) is 1. The van der Waals surface area contributed by atoms with Crippen LogP contribution in [0.5, 0.6) is 0 Å². The molecule has 0 bridgehead atoms. The van der Waals surface area contributed by atoms with E-state index in [2.05, 4.69) is 5.32 Å². The highest BCUT2D eigenvalue weighted by atomic mass is 32.2. The van der Waals surface area contributed by atoms with E-state index >= 15 is 0 Å². The monoisotopic (exact) mass is 388 g/mol. The molecular weight excluding hydrogens is 374 g/mol. The quantitative estimate of drug-likeness (QED) is 0.797. The largest absolute Gasteiger partial charge is 0.350 e. The van der Waals surface area contributed by atoms with Crippen molar-refractivity contribution < 1.29 is 23.2 Å². The van der Waals surface area contributed by atoms with Crippen LogP contribution in [-0.2, 0) is 4.79 Å². The Morgan fingerprint density at radius 1 is 1.04 bits per heavy atom. The summed E-state index contributed by atoms with van der Waals surface area (Å²) in [5, 5.41) is 1.96. The first-order chi connectivity index (χ1) is 13.0. The van der Waals surface area contributed by atoms with Crippen LogP contribution < -0.4 is 5.32 Å². The predicted molar refractivity (Wildman–Crippen MR) is 97.8 cm³/mol. The number of nitrogens with zero attached hydrogens (tertiary/aromatic N) is 1. The molecule has 1 saturated heterocycles. The fourth-order valence-corrected chi connectivity index (χ4v) is 3.30. The second-order valence-electron chi connectivity index (χ2n) is 5.59. The van der Waals surface area contributed by atoms with Crippen LogP contribution in [0.25, 0.3) is 6.08 Å². The molecule has 2 aromatic rings. The van der Waals surface area contributed by atoms with Crippen molar-refractivity contribution in [2.75, 3.05) is 13.1 Å². The number of hydrogen-bond acceptors (Lipinski definition) is 4. The summed E-state index contributed by atoms with van der Waals surface area (Å²) in [5.74, 6) is -2.36. The van der Waals surface area contributed by atoms with Crippen LogP contribution >= 0.6 is 11.8 Å². The molecule has 0 spiro atoms. The van der Waals surface area contributed by atoms with Crippen molar-refractivity contribution in [1.29, 1.82) is 0 Å². The molecule has 0 saturated carbocycles. The Hall–Kier alpha value is -3.00. The molecule has 3 amide bonds. The Bertz CT molecular complexity index is 946. The van der Waals surface area contributed by atoms with Gasteiger partial charge in [-0.25, -0.2) is 8.78 Å². The summed E-state index contributed by atoms with van der Waals surface area (Å²) in [5.41, 5.74) is 0.0851. The first-order valence-corrected chi connectivity index (χ1v) is 8.81. The second-order valence-corrected chi connectivity index (χ2v) is 6.58. The summed E-state index contributed by atoms with van der Waals surface area (Å²) in [6, 6.07) is 11.4. The minimum atomic E-state index is -0.658. The van der Waals surface area contributed by atoms with Crippen molar-refractivity contribution in [3.05, 3.63) is 76.2 Å². The number of carbonyl (C=O) groups excluding carboxylic acids is 3. The highest BCUT2D eigenvalue weighted by Crippen LogP contribution is 2.32. The molecule has 8 heteroatoms. The van der Waals surface area contributed by atoms with Gasteiger partial charge >= 0.3 is 0 Å². The topological polar surface area (TPSA) is 66.5 Å². The zero-order valence-electron chi connectivity index (χ0n) is 13.9. The first-order valence-electron chi connectivity index (χ1n) is 8.00. The van der Waals surface area contributed by atoms with Crippen LogP contribution in [0.1, 0.15) is 15.9 Å². The lowest BCUT2D eigenvalue weighted by molar-refractivity contribution is -0.122.